The zero-order valence-corrected chi connectivity index (χ0v) is 10.2. The Kier molecular flexibility index (Phi) is 3.97. The monoisotopic (exact) mass is 273 g/mol. The Labute approximate surface area is 108 Å². The molecule has 0 aromatic heterocycles. The fraction of sp³-hybridized carbons (Fsp3) is 0.462. The fourth-order valence-corrected chi connectivity index (χ4v) is 2.24. The second-order valence-corrected chi connectivity index (χ2v) is 4.48. The number of alkyl halides is 3. The molecule has 19 heavy (non-hydrogen) atoms. The van der Waals surface area contributed by atoms with Gasteiger partial charge in [0.05, 0.1) is 6.04 Å². The van der Waals surface area contributed by atoms with Crippen LogP contribution in [0.2, 0.25) is 0 Å². The minimum absolute atomic E-state index is 0.273. The number of fused-ring (bicyclic) bond motifs is 1. The molecule has 0 aliphatic heterocycles. The molecule has 0 radical (unpaired) electrons. The van der Waals surface area contributed by atoms with E-state index >= 15 is 0 Å². The summed E-state index contributed by atoms with van der Waals surface area (Å²) in [5.41, 5.74) is 2.08. The third kappa shape index (κ3) is 3.87. The average Bonchev–Trinajstić information content (AvgIpc) is 2.36. The predicted molar refractivity (Wildman–Crippen MR) is 62.7 cm³/mol. The second-order valence-electron chi connectivity index (χ2n) is 4.48. The van der Waals surface area contributed by atoms with E-state index < -0.39 is 18.9 Å². The van der Waals surface area contributed by atoms with Crippen LogP contribution in [0, 0.1) is 0 Å². The van der Waals surface area contributed by atoms with Crippen LogP contribution in [-0.2, 0) is 11.2 Å². The van der Waals surface area contributed by atoms with E-state index in [0.29, 0.717) is 6.42 Å². The topological polar surface area (TPSA) is 38.3 Å². The lowest BCUT2D eigenvalue weighted by Gasteiger charge is -2.26. The zero-order valence-electron chi connectivity index (χ0n) is 10.2. The van der Waals surface area contributed by atoms with Crippen molar-refractivity contribution >= 4 is 6.09 Å². The van der Waals surface area contributed by atoms with Gasteiger partial charge in [-0.25, -0.2) is 4.79 Å². The van der Waals surface area contributed by atoms with Crippen molar-refractivity contribution in [1.82, 2.24) is 5.32 Å². The number of carbonyl (C=O) groups is 1. The molecule has 1 aliphatic rings. The predicted octanol–water partition coefficient (Wildman–Crippen LogP) is 3.35. The first kappa shape index (κ1) is 13.7. The summed E-state index contributed by atoms with van der Waals surface area (Å²) >= 11 is 0. The number of aryl methyl sites for hydroxylation is 1. The molecular weight excluding hydrogens is 259 g/mol. The maximum atomic E-state index is 11.9. The highest BCUT2D eigenvalue weighted by molar-refractivity contribution is 5.68. The van der Waals surface area contributed by atoms with Crippen molar-refractivity contribution in [2.75, 3.05) is 6.61 Å². The summed E-state index contributed by atoms with van der Waals surface area (Å²) in [6.07, 6.45) is -3.01. The van der Waals surface area contributed by atoms with Gasteiger partial charge < -0.3 is 10.1 Å². The van der Waals surface area contributed by atoms with E-state index in [9.17, 15) is 18.0 Å². The molecule has 1 aromatic carbocycles. The van der Waals surface area contributed by atoms with E-state index in [0.717, 1.165) is 24.0 Å². The molecule has 0 saturated heterocycles. The van der Waals surface area contributed by atoms with E-state index in [1.807, 2.05) is 24.3 Å². The quantitative estimate of drug-likeness (QED) is 0.897. The first-order valence-electron chi connectivity index (χ1n) is 6.03. The van der Waals surface area contributed by atoms with Gasteiger partial charge in [-0.2, -0.15) is 13.2 Å². The number of nitrogens with one attached hydrogen (secondary N) is 1. The molecule has 0 spiro atoms. The van der Waals surface area contributed by atoms with E-state index in [1.165, 1.54) is 0 Å². The lowest BCUT2D eigenvalue weighted by molar-refractivity contribution is -0.160. The van der Waals surface area contributed by atoms with Gasteiger partial charge in [-0.05, 0) is 30.4 Å². The maximum Gasteiger partial charge on any atom is 0.422 e. The van der Waals surface area contributed by atoms with Gasteiger partial charge in [0.2, 0.25) is 0 Å². The number of halogens is 3. The van der Waals surface area contributed by atoms with Gasteiger partial charge in [-0.1, -0.05) is 24.3 Å². The summed E-state index contributed by atoms with van der Waals surface area (Å²) in [6.45, 7) is -1.56. The number of carbonyl (C=O) groups excluding carboxylic acids is 1. The standard InChI is InChI=1S/C13H14F3NO2/c14-13(15,16)8-19-12(18)17-11-7-3-5-9-4-1-2-6-10(9)11/h1-2,4,6,11H,3,5,7-8H2,(H,17,18). The number of ether oxygens (including phenoxy) is 1. The number of hydrogen-bond donors (Lipinski definition) is 1. The molecule has 1 N–H and O–H groups in total. The Morgan fingerprint density at radius 2 is 2.11 bits per heavy atom. The number of benzene rings is 1. The summed E-state index contributed by atoms with van der Waals surface area (Å²) in [4.78, 5) is 11.3. The number of hydrogen-bond acceptors (Lipinski definition) is 2. The van der Waals surface area contributed by atoms with Gasteiger partial charge in [0.1, 0.15) is 0 Å². The minimum Gasteiger partial charge on any atom is -0.440 e. The molecule has 0 fully saturated rings. The largest absolute Gasteiger partial charge is 0.440 e. The molecule has 1 atom stereocenters. The van der Waals surface area contributed by atoms with Gasteiger partial charge in [0, 0.05) is 0 Å². The Balaban J connectivity index is 1.95. The Morgan fingerprint density at radius 1 is 1.37 bits per heavy atom. The highest BCUT2D eigenvalue weighted by Crippen LogP contribution is 2.29. The summed E-state index contributed by atoms with van der Waals surface area (Å²) in [7, 11) is 0. The van der Waals surface area contributed by atoms with Gasteiger partial charge in [-0.15, -0.1) is 0 Å². The molecule has 0 saturated carbocycles. The van der Waals surface area contributed by atoms with Crippen LogP contribution < -0.4 is 5.32 Å². The average molecular weight is 273 g/mol. The van der Waals surface area contributed by atoms with Gasteiger partial charge >= 0.3 is 12.3 Å². The van der Waals surface area contributed by atoms with Gasteiger partial charge in [-0.3, -0.25) is 0 Å². The third-order valence-corrected chi connectivity index (χ3v) is 3.03. The Hall–Kier alpha value is -1.72. The SMILES string of the molecule is O=C(NC1CCCc2ccccc21)OCC(F)(F)F. The normalized spacial score (nSPS) is 18.6. The first-order valence-corrected chi connectivity index (χ1v) is 6.03. The van der Waals surface area contributed by atoms with E-state index in [1.54, 1.807) is 0 Å². The van der Waals surface area contributed by atoms with Crippen molar-refractivity contribution in [1.29, 1.82) is 0 Å². The van der Waals surface area contributed by atoms with E-state index in [2.05, 4.69) is 10.1 Å². The van der Waals surface area contributed by atoms with Crippen LogP contribution in [-0.4, -0.2) is 18.9 Å². The van der Waals surface area contributed by atoms with Crippen molar-refractivity contribution in [2.45, 2.75) is 31.5 Å². The highest BCUT2D eigenvalue weighted by atomic mass is 19.4. The Morgan fingerprint density at radius 3 is 2.84 bits per heavy atom. The molecule has 1 unspecified atom stereocenters. The molecule has 2 rings (SSSR count). The fourth-order valence-electron chi connectivity index (χ4n) is 2.24. The van der Waals surface area contributed by atoms with Crippen LogP contribution in [0.15, 0.2) is 24.3 Å². The van der Waals surface area contributed by atoms with E-state index in [4.69, 9.17) is 0 Å². The Bertz CT molecular complexity index is 459. The van der Waals surface area contributed by atoms with Crippen LogP contribution in [0.4, 0.5) is 18.0 Å². The molecular formula is C13H14F3NO2. The molecule has 104 valence electrons. The second kappa shape index (κ2) is 5.50. The van der Waals surface area contributed by atoms with Crippen LogP contribution >= 0.6 is 0 Å². The summed E-state index contributed by atoms with van der Waals surface area (Å²) in [5, 5.41) is 2.49. The molecule has 0 heterocycles. The molecule has 1 amide bonds. The van der Waals surface area contributed by atoms with Crippen molar-refractivity contribution in [2.24, 2.45) is 0 Å². The maximum absolute atomic E-state index is 11.9. The third-order valence-electron chi connectivity index (χ3n) is 3.03. The van der Waals surface area contributed by atoms with Crippen LogP contribution in [0.5, 0.6) is 0 Å². The van der Waals surface area contributed by atoms with Crippen LogP contribution in [0.25, 0.3) is 0 Å². The molecule has 1 aliphatic carbocycles. The molecule has 3 nitrogen and oxygen atoms in total. The lowest BCUT2D eigenvalue weighted by atomic mass is 9.88. The minimum atomic E-state index is -4.50. The number of alkyl carbamates (subject to hydrolysis) is 1. The number of amides is 1. The smallest absolute Gasteiger partial charge is 0.422 e. The van der Waals surface area contributed by atoms with Gasteiger partial charge in [0.15, 0.2) is 6.61 Å². The zero-order chi connectivity index (χ0) is 13.9. The van der Waals surface area contributed by atoms with Crippen molar-refractivity contribution in [3.8, 4) is 0 Å². The first-order chi connectivity index (χ1) is 8.96. The van der Waals surface area contributed by atoms with Crippen LogP contribution in [0.1, 0.15) is 30.0 Å². The van der Waals surface area contributed by atoms with Crippen LogP contribution in [0.3, 0.4) is 0 Å². The molecule has 0 bridgehead atoms. The van der Waals surface area contributed by atoms with Crippen molar-refractivity contribution in [3.63, 3.8) is 0 Å². The number of rotatable bonds is 2. The van der Waals surface area contributed by atoms with Gasteiger partial charge in [0.25, 0.3) is 0 Å². The summed E-state index contributed by atoms with van der Waals surface area (Å²) < 4.78 is 39.9. The van der Waals surface area contributed by atoms with Crippen molar-refractivity contribution < 1.29 is 22.7 Å². The lowest BCUT2D eigenvalue weighted by Crippen LogP contribution is -2.33. The summed E-state index contributed by atoms with van der Waals surface area (Å²) in [5.74, 6) is 0. The highest BCUT2D eigenvalue weighted by Gasteiger charge is 2.30. The van der Waals surface area contributed by atoms with Crippen molar-refractivity contribution in [3.05, 3.63) is 35.4 Å². The van der Waals surface area contributed by atoms with E-state index in [-0.39, 0.29) is 6.04 Å². The molecule has 1 aromatic rings. The molecule has 6 heteroatoms. The summed E-state index contributed by atoms with van der Waals surface area (Å²) in [6, 6.07) is 7.32.